The molecule has 4 nitrogen and oxygen atoms in total. The minimum Gasteiger partial charge on any atom is -0.478 e. The van der Waals surface area contributed by atoms with Crippen LogP contribution >= 0.6 is 0 Å². The molecule has 1 heterocycles. The molecule has 1 N–H and O–H groups in total. The molecule has 1 aromatic heterocycles. The number of halogens is 2. The Hall–Kier alpha value is -2.76. The number of carboxylic acids is 1. The molecular formula is C15H9F2NO3. The smallest absolute Gasteiger partial charge is 0.335 e. The fraction of sp³-hybridized carbons (Fsp3) is 0.0667. The molecule has 0 saturated heterocycles. The van der Waals surface area contributed by atoms with Gasteiger partial charge in [-0.05, 0) is 29.8 Å². The average Bonchev–Trinajstić information content (AvgIpc) is 2.83. The fourth-order valence-electron chi connectivity index (χ4n) is 2.01. The SMILES string of the molecule is O=C(O)c1ccc2oc(Cc3ccc(F)cc3F)nc2c1. The molecule has 6 heteroatoms. The summed E-state index contributed by atoms with van der Waals surface area (Å²) in [4.78, 5) is 15.0. The normalized spacial score (nSPS) is 11.0. The standard InChI is InChI=1S/C15H9F2NO3/c16-10-3-1-8(11(17)7-10)6-14-18-12-5-9(15(19)20)2-4-13(12)21-14/h1-5,7H,6H2,(H,19,20). The highest BCUT2D eigenvalue weighted by Crippen LogP contribution is 2.20. The molecule has 3 aromatic rings. The van der Waals surface area contributed by atoms with Crippen molar-refractivity contribution in [3.63, 3.8) is 0 Å². The number of hydrogen-bond donors (Lipinski definition) is 1. The molecule has 3 rings (SSSR count). The Morgan fingerprint density at radius 3 is 2.71 bits per heavy atom. The summed E-state index contributed by atoms with van der Waals surface area (Å²) in [6, 6.07) is 7.55. The van der Waals surface area contributed by atoms with Crippen LogP contribution in [-0.4, -0.2) is 16.1 Å². The molecule has 106 valence electrons. The van der Waals surface area contributed by atoms with Gasteiger partial charge in [-0.25, -0.2) is 18.6 Å². The first-order valence-corrected chi connectivity index (χ1v) is 6.09. The van der Waals surface area contributed by atoms with E-state index in [4.69, 9.17) is 9.52 Å². The molecule has 2 aromatic carbocycles. The van der Waals surface area contributed by atoms with Crippen molar-refractivity contribution in [1.29, 1.82) is 0 Å². The summed E-state index contributed by atoms with van der Waals surface area (Å²) in [7, 11) is 0. The number of nitrogens with zero attached hydrogens (tertiary/aromatic N) is 1. The number of carboxylic acid groups (broad SMARTS) is 1. The van der Waals surface area contributed by atoms with E-state index in [-0.39, 0.29) is 23.4 Å². The van der Waals surface area contributed by atoms with Crippen LogP contribution in [0.1, 0.15) is 21.8 Å². The lowest BCUT2D eigenvalue weighted by Crippen LogP contribution is -1.95. The van der Waals surface area contributed by atoms with E-state index in [0.29, 0.717) is 11.1 Å². The van der Waals surface area contributed by atoms with Crippen molar-refractivity contribution in [3.8, 4) is 0 Å². The highest BCUT2D eigenvalue weighted by molar-refractivity contribution is 5.91. The maximum absolute atomic E-state index is 13.6. The van der Waals surface area contributed by atoms with Crippen molar-refractivity contribution in [1.82, 2.24) is 4.98 Å². The van der Waals surface area contributed by atoms with Crippen molar-refractivity contribution in [2.45, 2.75) is 6.42 Å². The third kappa shape index (κ3) is 2.60. The minimum atomic E-state index is -1.06. The third-order valence-electron chi connectivity index (χ3n) is 3.04. The van der Waals surface area contributed by atoms with Gasteiger partial charge >= 0.3 is 5.97 Å². The molecule has 0 bridgehead atoms. The Balaban J connectivity index is 1.95. The largest absolute Gasteiger partial charge is 0.478 e. The maximum atomic E-state index is 13.6. The van der Waals surface area contributed by atoms with Crippen molar-refractivity contribution < 1.29 is 23.1 Å². The van der Waals surface area contributed by atoms with Gasteiger partial charge in [0.1, 0.15) is 17.2 Å². The zero-order valence-corrected chi connectivity index (χ0v) is 10.6. The van der Waals surface area contributed by atoms with Crippen molar-refractivity contribution in [3.05, 3.63) is 65.1 Å². The zero-order chi connectivity index (χ0) is 15.0. The van der Waals surface area contributed by atoms with E-state index < -0.39 is 17.6 Å². The van der Waals surface area contributed by atoms with Gasteiger partial charge < -0.3 is 9.52 Å². The summed E-state index contributed by atoms with van der Waals surface area (Å²) in [6.45, 7) is 0. The third-order valence-corrected chi connectivity index (χ3v) is 3.04. The Labute approximate surface area is 117 Å². The second kappa shape index (κ2) is 4.97. The molecular weight excluding hydrogens is 280 g/mol. The van der Waals surface area contributed by atoms with E-state index in [1.807, 2.05) is 0 Å². The van der Waals surface area contributed by atoms with Crippen molar-refractivity contribution >= 4 is 17.1 Å². The van der Waals surface area contributed by atoms with Crippen LogP contribution in [0, 0.1) is 11.6 Å². The molecule has 0 aliphatic carbocycles. The van der Waals surface area contributed by atoms with Crippen molar-refractivity contribution in [2.75, 3.05) is 0 Å². The van der Waals surface area contributed by atoms with E-state index in [1.54, 1.807) is 0 Å². The quantitative estimate of drug-likeness (QED) is 0.802. The van der Waals surface area contributed by atoms with Gasteiger partial charge in [0.15, 0.2) is 11.5 Å². The van der Waals surface area contributed by atoms with Gasteiger partial charge in [-0.1, -0.05) is 6.07 Å². The predicted molar refractivity (Wildman–Crippen MR) is 70.1 cm³/mol. The highest BCUT2D eigenvalue weighted by Gasteiger charge is 2.12. The summed E-state index contributed by atoms with van der Waals surface area (Å²) in [5.74, 6) is -2.16. The lowest BCUT2D eigenvalue weighted by atomic mass is 10.1. The number of aromatic carboxylic acids is 1. The Morgan fingerprint density at radius 2 is 2.00 bits per heavy atom. The number of rotatable bonds is 3. The van der Waals surface area contributed by atoms with Crippen LogP contribution in [-0.2, 0) is 6.42 Å². The average molecular weight is 289 g/mol. The van der Waals surface area contributed by atoms with E-state index in [9.17, 15) is 13.6 Å². The zero-order valence-electron chi connectivity index (χ0n) is 10.6. The highest BCUT2D eigenvalue weighted by atomic mass is 19.1. The van der Waals surface area contributed by atoms with Crippen LogP contribution in [0.25, 0.3) is 11.1 Å². The number of benzene rings is 2. The van der Waals surface area contributed by atoms with Crippen LogP contribution in [0.3, 0.4) is 0 Å². The van der Waals surface area contributed by atoms with Gasteiger partial charge in [0.25, 0.3) is 0 Å². The first-order chi connectivity index (χ1) is 10.0. The summed E-state index contributed by atoms with van der Waals surface area (Å²) in [5.41, 5.74) is 1.14. The maximum Gasteiger partial charge on any atom is 0.335 e. The number of carbonyl (C=O) groups is 1. The molecule has 0 fully saturated rings. The molecule has 0 aliphatic rings. The lowest BCUT2D eigenvalue weighted by Gasteiger charge is -1.99. The predicted octanol–water partition coefficient (Wildman–Crippen LogP) is 3.40. The monoisotopic (exact) mass is 289 g/mol. The molecule has 0 amide bonds. The summed E-state index contributed by atoms with van der Waals surface area (Å²) in [5, 5.41) is 8.91. The molecule has 21 heavy (non-hydrogen) atoms. The number of oxazole rings is 1. The van der Waals surface area contributed by atoms with Gasteiger partial charge in [0.05, 0.1) is 12.0 Å². The first-order valence-electron chi connectivity index (χ1n) is 6.09. The number of aromatic nitrogens is 1. The van der Waals surface area contributed by atoms with Gasteiger partial charge in [-0.15, -0.1) is 0 Å². The van der Waals surface area contributed by atoms with Gasteiger partial charge in [0, 0.05) is 6.07 Å². The molecule has 0 radical (unpaired) electrons. The summed E-state index contributed by atoms with van der Waals surface area (Å²) in [6.07, 6.45) is 0.0587. The van der Waals surface area contributed by atoms with E-state index in [2.05, 4.69) is 4.98 Å². The van der Waals surface area contributed by atoms with Crippen LogP contribution in [0.2, 0.25) is 0 Å². The van der Waals surface area contributed by atoms with E-state index in [0.717, 1.165) is 12.1 Å². The topological polar surface area (TPSA) is 63.3 Å². The van der Waals surface area contributed by atoms with Crippen LogP contribution in [0.15, 0.2) is 40.8 Å². The van der Waals surface area contributed by atoms with Crippen LogP contribution in [0.4, 0.5) is 8.78 Å². The first kappa shape index (κ1) is 13.2. The van der Waals surface area contributed by atoms with E-state index in [1.165, 1.54) is 24.3 Å². The second-order valence-corrected chi connectivity index (χ2v) is 4.51. The summed E-state index contributed by atoms with van der Waals surface area (Å²) < 4.78 is 31.8. The fourth-order valence-corrected chi connectivity index (χ4v) is 2.01. The molecule has 0 unspecified atom stereocenters. The lowest BCUT2D eigenvalue weighted by molar-refractivity contribution is 0.0697. The molecule has 0 atom stereocenters. The Kier molecular flexibility index (Phi) is 3.13. The summed E-state index contributed by atoms with van der Waals surface area (Å²) >= 11 is 0. The molecule has 0 aliphatic heterocycles. The van der Waals surface area contributed by atoms with Crippen LogP contribution in [0.5, 0.6) is 0 Å². The van der Waals surface area contributed by atoms with E-state index >= 15 is 0 Å². The minimum absolute atomic E-state index is 0.0587. The second-order valence-electron chi connectivity index (χ2n) is 4.51. The number of hydrogen-bond acceptors (Lipinski definition) is 3. The molecule has 0 saturated carbocycles. The number of fused-ring (bicyclic) bond motifs is 1. The van der Waals surface area contributed by atoms with Crippen LogP contribution < -0.4 is 0 Å². The Morgan fingerprint density at radius 1 is 1.19 bits per heavy atom. The van der Waals surface area contributed by atoms with Gasteiger partial charge in [0.2, 0.25) is 0 Å². The van der Waals surface area contributed by atoms with Gasteiger partial charge in [-0.2, -0.15) is 0 Å². The van der Waals surface area contributed by atoms with Gasteiger partial charge in [-0.3, -0.25) is 0 Å². The molecule has 0 spiro atoms. The Bertz CT molecular complexity index is 842. The van der Waals surface area contributed by atoms with Crippen molar-refractivity contribution in [2.24, 2.45) is 0 Å².